The van der Waals surface area contributed by atoms with E-state index in [9.17, 15) is 13.2 Å². The highest BCUT2D eigenvalue weighted by Gasteiger charge is 2.22. The van der Waals surface area contributed by atoms with Crippen LogP contribution in [0, 0.1) is 0 Å². The molecule has 0 unspecified atom stereocenters. The zero-order valence-corrected chi connectivity index (χ0v) is 16.4. The molecule has 144 valence electrons. The molecule has 5 nitrogen and oxygen atoms in total. The number of carbonyl (C=O) groups is 1. The fraction of sp³-hybridized carbons (Fsp3) is 0.136. The molecule has 6 heteroatoms. The Morgan fingerprint density at radius 1 is 0.893 bits per heavy atom. The van der Waals surface area contributed by atoms with Crippen molar-refractivity contribution in [2.45, 2.75) is 11.3 Å². The van der Waals surface area contributed by atoms with Crippen molar-refractivity contribution in [2.24, 2.45) is 0 Å². The van der Waals surface area contributed by atoms with Gasteiger partial charge in [0.2, 0.25) is 0 Å². The summed E-state index contributed by atoms with van der Waals surface area (Å²) < 4.78 is 27.0. The number of amides is 1. The minimum absolute atomic E-state index is 0.0783. The molecule has 0 aliphatic heterocycles. The van der Waals surface area contributed by atoms with Gasteiger partial charge in [0.1, 0.15) is 0 Å². The normalized spacial score (nSPS) is 11.0. The molecular formula is C22H22N2O3S. The maximum Gasteiger partial charge on any atom is 0.264 e. The van der Waals surface area contributed by atoms with Crippen LogP contribution in [0.1, 0.15) is 15.9 Å². The van der Waals surface area contributed by atoms with Gasteiger partial charge in [-0.05, 0) is 42.3 Å². The van der Waals surface area contributed by atoms with Crippen LogP contribution in [0.4, 0.5) is 5.69 Å². The Bertz CT molecular complexity index is 1040. The van der Waals surface area contributed by atoms with Crippen molar-refractivity contribution >= 4 is 21.6 Å². The molecule has 0 bridgehead atoms. The summed E-state index contributed by atoms with van der Waals surface area (Å²) in [5, 5.41) is 2.84. The quantitative estimate of drug-likeness (QED) is 0.667. The van der Waals surface area contributed by atoms with Gasteiger partial charge < -0.3 is 5.32 Å². The topological polar surface area (TPSA) is 66.5 Å². The molecule has 0 spiro atoms. The van der Waals surface area contributed by atoms with Crippen LogP contribution >= 0.6 is 0 Å². The van der Waals surface area contributed by atoms with Crippen molar-refractivity contribution < 1.29 is 13.2 Å². The SMILES string of the molecule is CN(c1ccccc1)S(=O)(=O)c1cccc(C(=O)NCCc2ccccc2)c1. The molecule has 0 saturated carbocycles. The number of para-hydroxylation sites is 1. The van der Waals surface area contributed by atoms with E-state index in [-0.39, 0.29) is 10.8 Å². The van der Waals surface area contributed by atoms with Gasteiger partial charge in [0.05, 0.1) is 10.6 Å². The first-order valence-corrected chi connectivity index (χ1v) is 10.4. The summed E-state index contributed by atoms with van der Waals surface area (Å²) in [6.45, 7) is 0.476. The lowest BCUT2D eigenvalue weighted by molar-refractivity contribution is 0.0954. The minimum atomic E-state index is -3.76. The smallest absolute Gasteiger partial charge is 0.264 e. The zero-order valence-electron chi connectivity index (χ0n) is 15.6. The van der Waals surface area contributed by atoms with Crippen LogP contribution < -0.4 is 9.62 Å². The highest BCUT2D eigenvalue weighted by molar-refractivity contribution is 7.92. The highest BCUT2D eigenvalue weighted by Crippen LogP contribution is 2.22. The number of nitrogens with one attached hydrogen (secondary N) is 1. The van der Waals surface area contributed by atoms with E-state index in [0.29, 0.717) is 24.2 Å². The Kier molecular flexibility index (Phi) is 6.11. The Hall–Kier alpha value is -3.12. The number of rotatable bonds is 7. The molecule has 0 radical (unpaired) electrons. The number of hydrogen-bond acceptors (Lipinski definition) is 3. The number of anilines is 1. The fourth-order valence-corrected chi connectivity index (χ4v) is 4.04. The summed E-state index contributed by atoms with van der Waals surface area (Å²) in [5.41, 5.74) is 2.00. The first-order valence-electron chi connectivity index (χ1n) is 8.94. The maximum absolute atomic E-state index is 12.9. The maximum atomic E-state index is 12.9. The molecule has 3 aromatic carbocycles. The molecule has 0 fully saturated rings. The van der Waals surface area contributed by atoms with Crippen LogP contribution in [-0.2, 0) is 16.4 Å². The number of benzene rings is 3. The van der Waals surface area contributed by atoms with Crippen LogP contribution in [-0.4, -0.2) is 27.9 Å². The van der Waals surface area contributed by atoms with Crippen LogP contribution in [0.3, 0.4) is 0 Å². The Balaban J connectivity index is 1.71. The van der Waals surface area contributed by atoms with E-state index in [2.05, 4.69) is 5.32 Å². The molecule has 3 aromatic rings. The molecule has 3 rings (SSSR count). The van der Waals surface area contributed by atoms with Crippen molar-refractivity contribution in [2.75, 3.05) is 17.9 Å². The minimum Gasteiger partial charge on any atom is -0.352 e. The predicted octanol–water partition coefficient (Wildman–Crippen LogP) is 3.48. The van der Waals surface area contributed by atoms with E-state index < -0.39 is 10.0 Å². The summed E-state index contributed by atoms with van der Waals surface area (Å²) in [6, 6.07) is 24.8. The average Bonchev–Trinajstić information content (AvgIpc) is 2.74. The number of sulfonamides is 1. The molecule has 0 saturated heterocycles. The van der Waals surface area contributed by atoms with E-state index in [4.69, 9.17) is 0 Å². The molecule has 0 atom stereocenters. The summed E-state index contributed by atoms with van der Waals surface area (Å²) in [4.78, 5) is 12.5. The van der Waals surface area contributed by atoms with Crippen molar-refractivity contribution in [3.63, 3.8) is 0 Å². The summed E-state index contributed by atoms with van der Waals surface area (Å²) in [5.74, 6) is -0.296. The monoisotopic (exact) mass is 394 g/mol. The molecule has 1 N–H and O–H groups in total. The van der Waals surface area contributed by atoms with E-state index >= 15 is 0 Å². The van der Waals surface area contributed by atoms with Crippen LogP contribution in [0.5, 0.6) is 0 Å². The number of hydrogen-bond donors (Lipinski definition) is 1. The predicted molar refractivity (Wildman–Crippen MR) is 111 cm³/mol. The second-order valence-electron chi connectivity index (χ2n) is 6.33. The van der Waals surface area contributed by atoms with Gasteiger partial charge in [-0.25, -0.2) is 8.42 Å². The molecule has 28 heavy (non-hydrogen) atoms. The summed E-state index contributed by atoms with van der Waals surface area (Å²) in [7, 11) is -2.26. The van der Waals surface area contributed by atoms with Gasteiger partial charge in [-0.3, -0.25) is 9.10 Å². The number of nitrogens with zero attached hydrogens (tertiary/aromatic N) is 1. The van der Waals surface area contributed by atoms with Gasteiger partial charge in [0.25, 0.3) is 15.9 Å². The van der Waals surface area contributed by atoms with E-state index in [1.54, 1.807) is 36.4 Å². The highest BCUT2D eigenvalue weighted by atomic mass is 32.2. The second kappa shape index (κ2) is 8.71. The van der Waals surface area contributed by atoms with Crippen molar-refractivity contribution in [3.05, 3.63) is 96.1 Å². The summed E-state index contributed by atoms with van der Waals surface area (Å²) in [6.07, 6.45) is 0.710. The van der Waals surface area contributed by atoms with Gasteiger partial charge in [0, 0.05) is 19.2 Å². The van der Waals surface area contributed by atoms with Gasteiger partial charge in [-0.1, -0.05) is 54.6 Å². The molecule has 0 aliphatic carbocycles. The third-order valence-corrected chi connectivity index (χ3v) is 6.20. The third-order valence-electron chi connectivity index (χ3n) is 4.42. The molecular weight excluding hydrogens is 372 g/mol. The van der Waals surface area contributed by atoms with Crippen LogP contribution in [0.2, 0.25) is 0 Å². The number of carbonyl (C=O) groups excluding carboxylic acids is 1. The van der Waals surface area contributed by atoms with E-state index in [1.807, 2.05) is 36.4 Å². The standard InChI is InChI=1S/C22H22N2O3S/c1-24(20-12-6-3-7-13-20)28(26,27)21-14-8-11-19(17-21)22(25)23-16-15-18-9-4-2-5-10-18/h2-14,17H,15-16H2,1H3,(H,23,25). The molecule has 0 aliphatic rings. The van der Waals surface area contributed by atoms with Crippen molar-refractivity contribution in [1.82, 2.24) is 5.32 Å². The van der Waals surface area contributed by atoms with Crippen LogP contribution in [0.15, 0.2) is 89.8 Å². The molecule has 0 aromatic heterocycles. The van der Waals surface area contributed by atoms with Crippen molar-refractivity contribution in [3.8, 4) is 0 Å². The lowest BCUT2D eigenvalue weighted by Gasteiger charge is -2.19. The first kappa shape index (κ1) is 19.6. The van der Waals surface area contributed by atoms with Crippen molar-refractivity contribution in [1.29, 1.82) is 0 Å². The Labute approximate surface area is 165 Å². The lowest BCUT2D eigenvalue weighted by atomic mass is 10.1. The van der Waals surface area contributed by atoms with Gasteiger partial charge >= 0.3 is 0 Å². The Morgan fingerprint density at radius 2 is 1.54 bits per heavy atom. The third kappa shape index (κ3) is 4.58. The fourth-order valence-electron chi connectivity index (χ4n) is 2.80. The van der Waals surface area contributed by atoms with E-state index in [0.717, 1.165) is 5.56 Å². The lowest BCUT2D eigenvalue weighted by Crippen LogP contribution is -2.28. The van der Waals surface area contributed by atoms with E-state index in [1.165, 1.54) is 23.5 Å². The van der Waals surface area contributed by atoms with Gasteiger partial charge in [0.15, 0.2) is 0 Å². The second-order valence-corrected chi connectivity index (χ2v) is 8.30. The zero-order chi connectivity index (χ0) is 20.0. The molecule has 0 heterocycles. The van der Waals surface area contributed by atoms with Gasteiger partial charge in [-0.2, -0.15) is 0 Å². The Morgan fingerprint density at radius 3 is 2.21 bits per heavy atom. The van der Waals surface area contributed by atoms with Gasteiger partial charge in [-0.15, -0.1) is 0 Å². The van der Waals surface area contributed by atoms with Crippen LogP contribution in [0.25, 0.3) is 0 Å². The summed E-state index contributed by atoms with van der Waals surface area (Å²) >= 11 is 0. The largest absolute Gasteiger partial charge is 0.352 e. The molecule has 1 amide bonds. The average molecular weight is 394 g/mol. The first-order chi connectivity index (χ1) is 13.5.